The molecule has 1 aliphatic heterocycles. The van der Waals surface area contributed by atoms with E-state index in [1.807, 2.05) is 48.4 Å². The van der Waals surface area contributed by atoms with Crippen LogP contribution in [0.15, 0.2) is 64.7 Å². The van der Waals surface area contributed by atoms with Gasteiger partial charge in [-0.1, -0.05) is 18.2 Å². The number of nitrogens with one attached hydrogen (secondary N) is 2. The van der Waals surface area contributed by atoms with Crippen LogP contribution in [0.4, 0.5) is 15.8 Å². The third-order valence-electron chi connectivity index (χ3n) is 5.34. The molecule has 0 radical (unpaired) electrons. The Labute approximate surface area is 211 Å². The Bertz CT molecular complexity index is 1090. The fourth-order valence-corrected chi connectivity index (χ4v) is 3.73. The average Bonchev–Trinajstić information content (AvgIpc) is 3.36. The predicted octanol–water partition coefficient (Wildman–Crippen LogP) is 4.18. The summed E-state index contributed by atoms with van der Waals surface area (Å²) in [7, 11) is 3.38. The van der Waals surface area contributed by atoms with Crippen molar-refractivity contribution in [2.24, 2.45) is 9.98 Å². The van der Waals surface area contributed by atoms with Gasteiger partial charge in [0.2, 0.25) is 6.35 Å². The van der Waals surface area contributed by atoms with Crippen molar-refractivity contribution in [2.45, 2.75) is 26.1 Å². The number of nitrogens with zero attached hydrogens (tertiary/aromatic N) is 3. The van der Waals surface area contributed by atoms with Gasteiger partial charge in [0.15, 0.2) is 0 Å². The van der Waals surface area contributed by atoms with E-state index in [1.54, 1.807) is 32.6 Å². The van der Waals surface area contributed by atoms with Crippen LogP contribution in [-0.4, -0.2) is 57.5 Å². The number of ether oxygens (including phenoxy) is 2. The summed E-state index contributed by atoms with van der Waals surface area (Å²) in [5.74, 6) is 0.989. The number of halogens is 1. The molecule has 36 heavy (non-hydrogen) atoms. The number of anilines is 2. The Morgan fingerprint density at radius 1 is 1.28 bits per heavy atom. The van der Waals surface area contributed by atoms with Crippen molar-refractivity contribution in [2.75, 3.05) is 44.1 Å². The molecular formula is C27H34FN5O3. The molecule has 2 aromatic rings. The number of hydrogen-bond acceptors (Lipinski definition) is 6. The molecule has 1 unspecified atom stereocenters. The standard InChI is InChI=1S/C27H34FN5O3/c1-4-16-33(19-29-2)24-12-6-20(23-14-18-36-26(23)24)7-13-25(30-15-5-17-35-3)32-27(34)31-22-10-8-21(28)9-11-22/h4,6-13,16,19,27,31,34H,5,14-15,17-18H2,1-3H3,(H,30,32)/b13-7+,16-4+,29-19?. The molecule has 1 heterocycles. The van der Waals surface area contributed by atoms with Crippen molar-refractivity contribution in [1.82, 2.24) is 5.32 Å². The zero-order chi connectivity index (χ0) is 25.8. The van der Waals surface area contributed by atoms with E-state index in [-0.39, 0.29) is 5.82 Å². The Balaban J connectivity index is 1.80. The normalized spacial score (nSPS) is 14.4. The van der Waals surface area contributed by atoms with E-state index in [9.17, 15) is 9.50 Å². The highest BCUT2D eigenvalue weighted by Gasteiger charge is 2.21. The smallest absolute Gasteiger partial charge is 0.203 e. The number of methoxy groups -OCH3 is 1. The Morgan fingerprint density at radius 3 is 2.81 bits per heavy atom. The number of aliphatic hydroxyl groups is 1. The van der Waals surface area contributed by atoms with Gasteiger partial charge >= 0.3 is 0 Å². The number of allylic oxidation sites excluding steroid dienone is 1. The van der Waals surface area contributed by atoms with E-state index in [0.717, 1.165) is 35.4 Å². The number of aliphatic hydroxyl groups excluding tert-OH is 1. The van der Waals surface area contributed by atoms with Gasteiger partial charge in [0.1, 0.15) is 17.4 Å². The van der Waals surface area contributed by atoms with E-state index in [0.29, 0.717) is 31.3 Å². The average molecular weight is 496 g/mol. The van der Waals surface area contributed by atoms with Gasteiger partial charge in [0.05, 0.1) is 18.6 Å². The van der Waals surface area contributed by atoms with Crippen LogP contribution in [0.1, 0.15) is 24.5 Å². The minimum absolute atomic E-state index is 0.343. The first-order valence-corrected chi connectivity index (χ1v) is 11.9. The highest BCUT2D eigenvalue weighted by molar-refractivity contribution is 5.97. The lowest BCUT2D eigenvalue weighted by Crippen LogP contribution is -2.39. The second kappa shape index (κ2) is 14.0. The second-order valence-corrected chi connectivity index (χ2v) is 7.99. The Morgan fingerprint density at radius 2 is 2.08 bits per heavy atom. The lowest BCUT2D eigenvalue weighted by atomic mass is 10.0. The summed E-state index contributed by atoms with van der Waals surface area (Å²) in [5, 5.41) is 16.3. The van der Waals surface area contributed by atoms with Crippen molar-refractivity contribution < 1.29 is 19.0 Å². The summed E-state index contributed by atoms with van der Waals surface area (Å²) in [5.41, 5.74) is 3.61. The summed E-state index contributed by atoms with van der Waals surface area (Å²) in [4.78, 5) is 10.6. The summed E-state index contributed by atoms with van der Waals surface area (Å²) < 4.78 is 24.3. The molecule has 2 aromatic carbocycles. The first-order valence-electron chi connectivity index (χ1n) is 11.9. The molecule has 0 aromatic heterocycles. The third-order valence-corrected chi connectivity index (χ3v) is 5.34. The summed E-state index contributed by atoms with van der Waals surface area (Å²) >= 11 is 0. The summed E-state index contributed by atoms with van der Waals surface area (Å²) in [6.07, 6.45) is 9.82. The molecule has 1 atom stereocenters. The Kier molecular flexibility index (Phi) is 10.5. The molecule has 8 nitrogen and oxygen atoms in total. The quantitative estimate of drug-likeness (QED) is 0.177. The number of benzene rings is 2. The fourth-order valence-electron chi connectivity index (χ4n) is 3.73. The minimum Gasteiger partial charge on any atom is -0.491 e. The number of fused-ring (bicyclic) bond motifs is 1. The maximum atomic E-state index is 13.2. The molecule has 0 aliphatic carbocycles. The third kappa shape index (κ3) is 7.66. The summed E-state index contributed by atoms with van der Waals surface area (Å²) in [6, 6.07) is 9.79. The first kappa shape index (κ1) is 26.9. The van der Waals surface area contributed by atoms with Crippen LogP contribution in [0.25, 0.3) is 6.08 Å². The van der Waals surface area contributed by atoms with Crippen molar-refractivity contribution in [3.05, 3.63) is 71.7 Å². The summed E-state index contributed by atoms with van der Waals surface area (Å²) in [6.45, 7) is 3.68. The van der Waals surface area contributed by atoms with E-state index in [2.05, 4.69) is 20.6 Å². The highest BCUT2D eigenvalue weighted by Crippen LogP contribution is 2.38. The molecule has 1 aliphatic rings. The van der Waals surface area contributed by atoms with Gasteiger partial charge in [0, 0.05) is 51.2 Å². The minimum atomic E-state index is -1.12. The van der Waals surface area contributed by atoms with Crippen LogP contribution in [0, 0.1) is 5.82 Å². The van der Waals surface area contributed by atoms with E-state index < -0.39 is 6.35 Å². The van der Waals surface area contributed by atoms with Crippen molar-refractivity contribution in [3.63, 3.8) is 0 Å². The van der Waals surface area contributed by atoms with Crippen LogP contribution in [0.3, 0.4) is 0 Å². The van der Waals surface area contributed by atoms with Crippen LogP contribution in [-0.2, 0) is 11.2 Å². The van der Waals surface area contributed by atoms with E-state index in [1.165, 1.54) is 12.1 Å². The molecule has 0 bridgehead atoms. The molecule has 3 rings (SSSR count). The molecule has 0 saturated carbocycles. The molecule has 192 valence electrons. The number of aliphatic imine (C=N–C) groups is 2. The van der Waals surface area contributed by atoms with Crippen molar-refractivity contribution in [3.8, 4) is 5.75 Å². The Hall–Kier alpha value is -3.69. The van der Waals surface area contributed by atoms with Gasteiger partial charge in [-0.15, -0.1) is 0 Å². The molecule has 0 spiro atoms. The van der Waals surface area contributed by atoms with Gasteiger partial charge in [-0.05, 0) is 55.3 Å². The maximum absolute atomic E-state index is 13.2. The second-order valence-electron chi connectivity index (χ2n) is 7.99. The lowest BCUT2D eigenvalue weighted by Gasteiger charge is -2.19. The SMILES string of the molecule is C/C=C/N(C=NC)c1ccc(/C=C/C(=NCCCOC)NC(O)Nc2ccc(F)cc2)c2c1OCC2. The number of rotatable bonds is 12. The highest BCUT2D eigenvalue weighted by atomic mass is 19.1. The van der Waals surface area contributed by atoms with E-state index >= 15 is 0 Å². The molecule has 0 saturated heterocycles. The van der Waals surface area contributed by atoms with E-state index in [4.69, 9.17) is 9.47 Å². The number of amidine groups is 1. The molecule has 0 fully saturated rings. The topological polar surface area (TPSA) is 90.7 Å². The van der Waals surface area contributed by atoms with Gasteiger partial charge in [-0.2, -0.15) is 0 Å². The van der Waals surface area contributed by atoms with Crippen LogP contribution in [0.5, 0.6) is 5.75 Å². The predicted molar refractivity (Wildman–Crippen MR) is 144 cm³/mol. The molecule has 3 N–H and O–H groups in total. The van der Waals surface area contributed by atoms with Gasteiger partial charge in [0.25, 0.3) is 0 Å². The van der Waals surface area contributed by atoms with Crippen molar-refractivity contribution in [1.29, 1.82) is 0 Å². The maximum Gasteiger partial charge on any atom is 0.203 e. The van der Waals surface area contributed by atoms with Crippen LogP contribution in [0.2, 0.25) is 0 Å². The van der Waals surface area contributed by atoms with Crippen LogP contribution >= 0.6 is 0 Å². The molecule has 0 amide bonds. The fraction of sp³-hybridized carbons (Fsp3) is 0.333. The van der Waals surface area contributed by atoms with Gasteiger partial charge in [-0.3, -0.25) is 9.98 Å². The lowest BCUT2D eigenvalue weighted by molar-refractivity contribution is 0.189. The number of hydrogen-bond donors (Lipinski definition) is 3. The van der Waals surface area contributed by atoms with Gasteiger partial charge < -0.3 is 30.1 Å². The van der Waals surface area contributed by atoms with Crippen LogP contribution < -0.4 is 20.3 Å². The molecule has 9 heteroatoms. The first-order chi connectivity index (χ1) is 17.5. The van der Waals surface area contributed by atoms with Gasteiger partial charge in [-0.25, -0.2) is 4.39 Å². The molecular weight excluding hydrogens is 461 g/mol. The monoisotopic (exact) mass is 495 g/mol. The zero-order valence-corrected chi connectivity index (χ0v) is 20.9. The van der Waals surface area contributed by atoms with Crippen molar-refractivity contribution >= 4 is 29.6 Å². The zero-order valence-electron chi connectivity index (χ0n) is 20.9. The largest absolute Gasteiger partial charge is 0.491 e.